The van der Waals surface area contributed by atoms with Gasteiger partial charge in [-0.2, -0.15) is 0 Å². The van der Waals surface area contributed by atoms with Crippen LogP contribution in [-0.2, 0) is 0 Å². The summed E-state index contributed by atoms with van der Waals surface area (Å²) in [6.45, 7) is 3.99. The first kappa shape index (κ1) is 8.31. The lowest BCUT2D eigenvalue weighted by Crippen LogP contribution is -1.83. The van der Waals surface area contributed by atoms with E-state index in [-0.39, 0.29) is 0 Å². The molecular weight excluding hydrogens is 281 g/mol. The summed E-state index contributed by atoms with van der Waals surface area (Å²) in [4.78, 5) is 1.26. The summed E-state index contributed by atoms with van der Waals surface area (Å²) < 4.78 is 4.13. The first-order valence-electron chi connectivity index (χ1n) is 3.48. The van der Waals surface area contributed by atoms with Crippen LogP contribution in [0, 0.1) is 0 Å². The Hall–Kier alpha value is -0.290. The number of halogens is 1. The highest BCUT2D eigenvalue weighted by atomic mass is 127. The fourth-order valence-corrected chi connectivity index (χ4v) is 2.66. The second-order valence-corrected chi connectivity index (χ2v) is 3.98. The molecule has 0 saturated heterocycles. The highest BCUT2D eigenvalue weighted by molar-refractivity contribution is 14.1. The molecule has 1 aromatic rings. The molecule has 0 unspecified atom stereocenters. The van der Waals surface area contributed by atoms with Crippen LogP contribution in [-0.4, -0.2) is 5.04 Å². The van der Waals surface area contributed by atoms with E-state index in [1.165, 1.54) is 10.5 Å². The Morgan fingerprint density at radius 2 is 2.08 bits per heavy atom. The van der Waals surface area contributed by atoms with Gasteiger partial charge in [0.2, 0.25) is 0 Å². The van der Waals surface area contributed by atoms with Gasteiger partial charge >= 0.3 is 0 Å². The lowest BCUT2D eigenvalue weighted by Gasteiger charge is -1.93. The van der Waals surface area contributed by atoms with E-state index in [1.54, 1.807) is 11.8 Å². The normalized spacial score (nSPS) is 18.4. The molecule has 0 atom stereocenters. The topological polar surface area (TPSA) is 12.4 Å². The van der Waals surface area contributed by atoms with Gasteiger partial charge in [-0.15, -0.1) is 0 Å². The summed E-state index contributed by atoms with van der Waals surface area (Å²) in [6.07, 6.45) is 0. The van der Waals surface area contributed by atoms with Crippen LogP contribution in [0.15, 0.2) is 38.9 Å². The minimum Gasteiger partial charge on any atom is -0.207 e. The summed E-state index contributed by atoms with van der Waals surface area (Å²) in [5.74, 6) is 0. The fraction of sp³-hybridized carbons (Fsp3) is 0. The van der Waals surface area contributed by atoms with Crippen molar-refractivity contribution in [3.63, 3.8) is 0 Å². The van der Waals surface area contributed by atoms with E-state index < -0.39 is 0 Å². The van der Waals surface area contributed by atoms with E-state index in [0.717, 1.165) is 10.6 Å². The first-order valence-corrected chi connectivity index (χ1v) is 5.26. The van der Waals surface area contributed by atoms with Gasteiger partial charge in [-0.05, 0) is 11.6 Å². The van der Waals surface area contributed by atoms with Gasteiger partial charge in [-0.25, -0.2) is 3.21 Å². The molecule has 0 saturated carbocycles. The monoisotopic (exact) mass is 287 g/mol. The van der Waals surface area contributed by atoms with Crippen molar-refractivity contribution in [2.75, 3.05) is 0 Å². The zero-order valence-electron chi connectivity index (χ0n) is 6.25. The predicted molar refractivity (Wildman–Crippen MR) is 62.8 cm³/mol. The van der Waals surface area contributed by atoms with E-state index in [1.807, 2.05) is 35.0 Å². The summed E-state index contributed by atoms with van der Waals surface area (Å²) >= 11 is 3.70. The van der Waals surface area contributed by atoms with Crippen LogP contribution in [0.25, 0.3) is 5.57 Å². The molecule has 0 radical (unpaired) electrons. The molecule has 0 amide bonds. The second-order valence-electron chi connectivity index (χ2n) is 2.47. The van der Waals surface area contributed by atoms with E-state index in [9.17, 15) is 0 Å². The second kappa shape index (κ2) is 3.22. The van der Waals surface area contributed by atoms with Crippen molar-refractivity contribution in [2.45, 2.75) is 4.90 Å². The molecule has 1 nitrogen and oxygen atoms in total. The Morgan fingerprint density at radius 3 is 2.75 bits per heavy atom. The number of thioether (sulfide) groups is 1. The summed E-state index contributed by atoms with van der Waals surface area (Å²) in [6, 6.07) is 8.25. The maximum absolute atomic E-state index is 4.13. The molecule has 1 aliphatic rings. The number of nitrogens with zero attached hydrogens (tertiary/aromatic N) is 1. The molecule has 1 aliphatic heterocycles. The van der Waals surface area contributed by atoms with Crippen LogP contribution in [0.1, 0.15) is 5.56 Å². The van der Waals surface area contributed by atoms with Crippen LogP contribution in [0.5, 0.6) is 0 Å². The lowest BCUT2D eigenvalue weighted by atomic mass is 10.1. The number of hydrogen-bond donors (Lipinski definition) is 0. The van der Waals surface area contributed by atoms with Crippen molar-refractivity contribution < 1.29 is 0 Å². The SMILES string of the molecule is C=C1/C(=N\I)Sc2ccccc21. The predicted octanol–water partition coefficient (Wildman–Crippen LogP) is 3.55. The largest absolute Gasteiger partial charge is 0.207 e. The third-order valence-electron chi connectivity index (χ3n) is 1.75. The highest BCUT2D eigenvalue weighted by Crippen LogP contribution is 2.40. The molecule has 0 spiro atoms. The molecule has 60 valence electrons. The van der Waals surface area contributed by atoms with Crippen molar-refractivity contribution in [3.05, 3.63) is 36.4 Å². The molecule has 2 rings (SSSR count). The van der Waals surface area contributed by atoms with E-state index in [0.29, 0.717) is 0 Å². The quantitative estimate of drug-likeness (QED) is 0.665. The van der Waals surface area contributed by atoms with Crippen molar-refractivity contribution in [1.29, 1.82) is 0 Å². The molecule has 12 heavy (non-hydrogen) atoms. The van der Waals surface area contributed by atoms with Crippen LogP contribution in [0.2, 0.25) is 0 Å². The van der Waals surface area contributed by atoms with E-state index in [2.05, 4.69) is 21.9 Å². The van der Waals surface area contributed by atoms with Gasteiger partial charge in [-0.1, -0.05) is 36.5 Å². The molecule has 3 heteroatoms. The Bertz CT molecular complexity index is 371. The average Bonchev–Trinajstić information content (AvgIpc) is 2.44. The fourth-order valence-electron chi connectivity index (χ4n) is 1.15. The third-order valence-corrected chi connectivity index (χ3v) is 3.67. The highest BCUT2D eigenvalue weighted by Gasteiger charge is 2.20. The van der Waals surface area contributed by atoms with Gasteiger partial charge in [-0.3, -0.25) is 0 Å². The van der Waals surface area contributed by atoms with E-state index in [4.69, 9.17) is 0 Å². The molecule has 0 bridgehead atoms. The summed E-state index contributed by atoms with van der Waals surface area (Å²) in [7, 11) is 0. The molecule has 0 fully saturated rings. The molecule has 0 N–H and O–H groups in total. The van der Waals surface area contributed by atoms with Gasteiger partial charge in [0.05, 0.1) is 22.9 Å². The van der Waals surface area contributed by atoms with E-state index >= 15 is 0 Å². The minimum absolute atomic E-state index is 1.02. The third kappa shape index (κ3) is 1.21. The van der Waals surface area contributed by atoms with Crippen molar-refractivity contribution in [3.8, 4) is 0 Å². The Morgan fingerprint density at radius 1 is 1.33 bits per heavy atom. The van der Waals surface area contributed by atoms with Crippen molar-refractivity contribution in [1.82, 2.24) is 0 Å². The van der Waals surface area contributed by atoms with Crippen LogP contribution in [0.4, 0.5) is 0 Å². The number of fused-ring (bicyclic) bond motifs is 1. The summed E-state index contributed by atoms with van der Waals surface area (Å²) in [5, 5.41) is 1.02. The van der Waals surface area contributed by atoms with Crippen LogP contribution >= 0.6 is 34.6 Å². The van der Waals surface area contributed by atoms with Crippen LogP contribution < -0.4 is 0 Å². The van der Waals surface area contributed by atoms with Gasteiger partial charge < -0.3 is 0 Å². The van der Waals surface area contributed by atoms with Gasteiger partial charge in [0, 0.05) is 10.5 Å². The van der Waals surface area contributed by atoms with Crippen molar-refractivity contribution in [2.24, 2.45) is 3.21 Å². The lowest BCUT2D eigenvalue weighted by molar-refractivity contribution is 1.44. The van der Waals surface area contributed by atoms with Gasteiger partial charge in [0.1, 0.15) is 5.04 Å². The smallest absolute Gasteiger partial charge is 0.115 e. The zero-order chi connectivity index (χ0) is 8.55. The van der Waals surface area contributed by atoms with Crippen molar-refractivity contribution >= 4 is 45.2 Å². The maximum atomic E-state index is 4.13. The number of rotatable bonds is 0. The zero-order valence-corrected chi connectivity index (χ0v) is 9.22. The van der Waals surface area contributed by atoms with Crippen LogP contribution in [0.3, 0.4) is 0 Å². The van der Waals surface area contributed by atoms with Gasteiger partial charge in [0.25, 0.3) is 0 Å². The summed E-state index contributed by atoms with van der Waals surface area (Å²) in [5.41, 5.74) is 2.27. The number of hydrogen-bond acceptors (Lipinski definition) is 2. The minimum atomic E-state index is 1.02. The number of benzene rings is 1. The first-order chi connectivity index (χ1) is 5.83. The Balaban J connectivity index is 2.56. The maximum Gasteiger partial charge on any atom is 0.115 e. The molecule has 0 aromatic heterocycles. The van der Waals surface area contributed by atoms with Gasteiger partial charge in [0.15, 0.2) is 0 Å². The molecule has 1 heterocycles. The molecule has 1 aromatic carbocycles. The standard InChI is InChI=1S/C9H6INS/c1-6-7-4-2-3-5-8(7)12-9(6)11-10/h2-5H,1H2/b11-9+. The Kier molecular flexibility index (Phi) is 2.23. The molecular formula is C9H6INS. The average molecular weight is 287 g/mol. The molecule has 0 aliphatic carbocycles. The Labute approximate surface area is 89.5 Å².